The first-order valence-corrected chi connectivity index (χ1v) is 6.21. The molecule has 1 heterocycles. The van der Waals surface area contributed by atoms with Crippen LogP contribution in [0.5, 0.6) is 0 Å². The van der Waals surface area contributed by atoms with E-state index in [9.17, 15) is 14.4 Å². The number of H-pyrrole nitrogens is 1. The Kier molecular flexibility index (Phi) is 4.18. The van der Waals surface area contributed by atoms with Gasteiger partial charge in [-0.1, -0.05) is 12.1 Å². The zero-order valence-corrected chi connectivity index (χ0v) is 11.6. The van der Waals surface area contributed by atoms with Crippen molar-refractivity contribution in [1.29, 1.82) is 0 Å². The predicted octanol–water partition coefficient (Wildman–Crippen LogP) is 1.72. The first-order chi connectivity index (χ1) is 10.0. The molecule has 0 aliphatic rings. The number of esters is 1. The molecular weight excluding hydrogens is 272 g/mol. The van der Waals surface area contributed by atoms with Crippen molar-refractivity contribution in [2.45, 2.75) is 6.92 Å². The highest BCUT2D eigenvalue weighted by atomic mass is 16.5. The molecule has 0 radical (unpaired) electrons. The molecule has 0 bridgehead atoms. The smallest absolute Gasteiger partial charge is 0.339 e. The fourth-order valence-electron chi connectivity index (χ4n) is 1.89. The monoisotopic (exact) mass is 286 g/mol. The van der Waals surface area contributed by atoms with Gasteiger partial charge in [-0.2, -0.15) is 0 Å². The molecule has 6 nitrogen and oxygen atoms in total. The maximum absolute atomic E-state index is 12.2. The van der Waals surface area contributed by atoms with Crippen LogP contribution in [0.3, 0.4) is 0 Å². The average Bonchev–Trinajstić information content (AvgIpc) is 2.46. The number of carbonyl (C=O) groups is 2. The number of anilines is 1. The van der Waals surface area contributed by atoms with Crippen molar-refractivity contribution in [1.82, 2.24) is 4.98 Å². The Hall–Kier alpha value is -2.89. The summed E-state index contributed by atoms with van der Waals surface area (Å²) in [5, 5.41) is 2.60. The van der Waals surface area contributed by atoms with Gasteiger partial charge in [0.25, 0.3) is 5.91 Å². The summed E-state index contributed by atoms with van der Waals surface area (Å²) in [6, 6.07) is 9.24. The number of para-hydroxylation sites is 1. The van der Waals surface area contributed by atoms with Gasteiger partial charge in [0.2, 0.25) is 5.56 Å². The predicted molar refractivity (Wildman–Crippen MR) is 77.5 cm³/mol. The molecule has 0 saturated carbocycles. The van der Waals surface area contributed by atoms with E-state index in [1.165, 1.54) is 13.2 Å². The second-order valence-corrected chi connectivity index (χ2v) is 4.41. The van der Waals surface area contributed by atoms with Crippen molar-refractivity contribution in [2.75, 3.05) is 12.4 Å². The Bertz CT molecular complexity index is 749. The third-order valence-electron chi connectivity index (χ3n) is 2.82. The second kappa shape index (κ2) is 6.04. The number of pyridine rings is 1. The molecule has 2 aromatic rings. The van der Waals surface area contributed by atoms with E-state index in [1.807, 2.05) is 0 Å². The normalized spacial score (nSPS) is 10.0. The Labute approximate surface area is 120 Å². The van der Waals surface area contributed by atoms with E-state index >= 15 is 0 Å². The van der Waals surface area contributed by atoms with E-state index in [0.29, 0.717) is 11.4 Å². The number of aromatic amines is 1. The van der Waals surface area contributed by atoms with E-state index in [1.54, 1.807) is 37.3 Å². The number of ether oxygens (including phenoxy) is 1. The van der Waals surface area contributed by atoms with Gasteiger partial charge >= 0.3 is 5.97 Å². The molecule has 0 atom stereocenters. The lowest BCUT2D eigenvalue weighted by molar-refractivity contribution is 0.0602. The summed E-state index contributed by atoms with van der Waals surface area (Å²) in [6.07, 6.45) is 0. The Balaban J connectivity index is 2.32. The van der Waals surface area contributed by atoms with Crippen LogP contribution in [0.1, 0.15) is 26.4 Å². The van der Waals surface area contributed by atoms with Crippen LogP contribution in [-0.2, 0) is 4.74 Å². The van der Waals surface area contributed by atoms with E-state index < -0.39 is 11.9 Å². The van der Waals surface area contributed by atoms with Gasteiger partial charge in [-0.15, -0.1) is 0 Å². The summed E-state index contributed by atoms with van der Waals surface area (Å²) >= 11 is 0. The molecule has 0 spiro atoms. The topological polar surface area (TPSA) is 88.3 Å². The lowest BCUT2D eigenvalue weighted by atomic mass is 10.1. The van der Waals surface area contributed by atoms with Crippen LogP contribution in [0.15, 0.2) is 41.2 Å². The van der Waals surface area contributed by atoms with Gasteiger partial charge in [0.1, 0.15) is 0 Å². The maximum atomic E-state index is 12.2. The van der Waals surface area contributed by atoms with Gasteiger partial charge in [-0.25, -0.2) is 4.79 Å². The van der Waals surface area contributed by atoms with Crippen LogP contribution in [0.4, 0.5) is 5.69 Å². The minimum atomic E-state index is -0.548. The van der Waals surface area contributed by atoms with Crippen LogP contribution in [0.2, 0.25) is 0 Å². The van der Waals surface area contributed by atoms with E-state index in [0.717, 1.165) is 0 Å². The number of hydrogen-bond acceptors (Lipinski definition) is 4. The molecule has 1 aromatic heterocycles. The second-order valence-electron chi connectivity index (χ2n) is 4.41. The van der Waals surface area contributed by atoms with Gasteiger partial charge in [-0.3, -0.25) is 9.59 Å². The molecular formula is C15H14N2O4. The molecule has 1 amide bonds. The van der Waals surface area contributed by atoms with E-state index in [4.69, 9.17) is 0 Å². The number of amides is 1. The fraction of sp³-hybridized carbons (Fsp3) is 0.133. The zero-order valence-electron chi connectivity index (χ0n) is 11.6. The van der Waals surface area contributed by atoms with Gasteiger partial charge in [0.15, 0.2) is 0 Å². The van der Waals surface area contributed by atoms with Gasteiger partial charge in [-0.05, 0) is 25.1 Å². The minimum absolute atomic E-state index is 0.218. The molecule has 0 fully saturated rings. The largest absolute Gasteiger partial charge is 0.465 e. The molecule has 2 N–H and O–H groups in total. The summed E-state index contributed by atoms with van der Waals surface area (Å²) in [6.45, 7) is 1.68. The van der Waals surface area contributed by atoms with Crippen LogP contribution in [0.25, 0.3) is 0 Å². The number of aryl methyl sites for hydroxylation is 1. The number of rotatable bonds is 3. The lowest BCUT2D eigenvalue weighted by Gasteiger charge is -2.09. The zero-order chi connectivity index (χ0) is 15.4. The summed E-state index contributed by atoms with van der Waals surface area (Å²) in [4.78, 5) is 37.7. The standard InChI is InChI=1S/C15H14N2O4/c1-9-7-10(8-13(18)16-9)14(19)17-12-6-4-3-5-11(12)15(20)21-2/h3-8H,1-2H3,(H,16,18)(H,17,19). The van der Waals surface area contributed by atoms with Gasteiger partial charge < -0.3 is 15.0 Å². The number of nitrogens with one attached hydrogen (secondary N) is 2. The highest BCUT2D eigenvalue weighted by molar-refractivity contribution is 6.07. The Morgan fingerprint density at radius 2 is 1.90 bits per heavy atom. The number of aromatic nitrogens is 1. The highest BCUT2D eigenvalue weighted by Gasteiger charge is 2.14. The lowest BCUT2D eigenvalue weighted by Crippen LogP contribution is -2.18. The quantitative estimate of drug-likeness (QED) is 0.841. The van der Waals surface area contributed by atoms with Crippen LogP contribution >= 0.6 is 0 Å². The third-order valence-corrected chi connectivity index (χ3v) is 2.82. The maximum Gasteiger partial charge on any atom is 0.339 e. The van der Waals surface area contributed by atoms with Crippen molar-refractivity contribution in [3.63, 3.8) is 0 Å². The third kappa shape index (κ3) is 3.36. The molecule has 1 aromatic carbocycles. The van der Waals surface area contributed by atoms with Crippen molar-refractivity contribution < 1.29 is 14.3 Å². The van der Waals surface area contributed by atoms with Crippen LogP contribution in [-0.4, -0.2) is 24.0 Å². The molecule has 6 heteroatoms. The average molecular weight is 286 g/mol. The van der Waals surface area contributed by atoms with Crippen LogP contribution < -0.4 is 10.9 Å². The fourth-order valence-corrected chi connectivity index (χ4v) is 1.89. The first-order valence-electron chi connectivity index (χ1n) is 6.21. The molecule has 108 valence electrons. The minimum Gasteiger partial charge on any atom is -0.465 e. The SMILES string of the molecule is COC(=O)c1ccccc1NC(=O)c1cc(C)[nH]c(=O)c1. The Morgan fingerprint density at radius 1 is 1.19 bits per heavy atom. The van der Waals surface area contributed by atoms with Crippen molar-refractivity contribution in [3.8, 4) is 0 Å². The molecule has 0 aliphatic carbocycles. The summed E-state index contributed by atoms with van der Waals surface area (Å²) < 4.78 is 4.66. The Morgan fingerprint density at radius 3 is 2.57 bits per heavy atom. The summed E-state index contributed by atoms with van der Waals surface area (Å²) in [5.41, 5.74) is 1.01. The molecule has 0 unspecified atom stereocenters. The molecule has 0 aliphatic heterocycles. The van der Waals surface area contributed by atoms with Crippen molar-refractivity contribution >= 4 is 17.6 Å². The first kappa shape index (κ1) is 14.5. The summed E-state index contributed by atoms with van der Waals surface area (Å²) in [7, 11) is 1.26. The van der Waals surface area contributed by atoms with Gasteiger partial charge in [0.05, 0.1) is 18.4 Å². The highest BCUT2D eigenvalue weighted by Crippen LogP contribution is 2.17. The molecule has 21 heavy (non-hydrogen) atoms. The van der Waals surface area contributed by atoms with Gasteiger partial charge in [0, 0.05) is 17.3 Å². The van der Waals surface area contributed by atoms with Crippen molar-refractivity contribution in [2.24, 2.45) is 0 Å². The number of benzene rings is 1. The van der Waals surface area contributed by atoms with E-state index in [2.05, 4.69) is 15.0 Å². The summed E-state index contributed by atoms with van der Waals surface area (Å²) in [5.74, 6) is -1.02. The van der Waals surface area contributed by atoms with E-state index in [-0.39, 0.29) is 16.7 Å². The van der Waals surface area contributed by atoms with Crippen LogP contribution in [0, 0.1) is 6.92 Å². The number of methoxy groups -OCH3 is 1. The number of hydrogen-bond donors (Lipinski definition) is 2. The van der Waals surface area contributed by atoms with Crippen molar-refractivity contribution in [3.05, 3.63) is 63.6 Å². The number of carbonyl (C=O) groups excluding carboxylic acids is 2. The molecule has 2 rings (SSSR count). The molecule has 0 saturated heterocycles.